The van der Waals surface area contributed by atoms with Crippen LogP contribution < -0.4 is 5.32 Å². The Labute approximate surface area is 122 Å². The van der Waals surface area contributed by atoms with Crippen molar-refractivity contribution in [1.82, 2.24) is 10.2 Å². The number of hydrogen-bond acceptors (Lipinski definition) is 2. The molecule has 0 amide bonds. The lowest BCUT2D eigenvalue weighted by atomic mass is 10.0. The van der Waals surface area contributed by atoms with E-state index in [9.17, 15) is 4.39 Å². The van der Waals surface area contributed by atoms with E-state index < -0.39 is 0 Å². The molecule has 18 heavy (non-hydrogen) atoms. The minimum absolute atomic E-state index is 0. The van der Waals surface area contributed by atoms with Crippen LogP contribution in [0.5, 0.6) is 0 Å². The summed E-state index contributed by atoms with van der Waals surface area (Å²) in [5.74, 6) is -0.212. The van der Waals surface area contributed by atoms with E-state index in [4.69, 9.17) is 0 Å². The highest BCUT2D eigenvalue weighted by atomic mass is 79.9. The molecule has 0 saturated carbocycles. The number of nitrogens with zero attached hydrogens (tertiary/aromatic N) is 1. The molecule has 1 saturated heterocycles. The zero-order valence-electron chi connectivity index (χ0n) is 10.0. The molecule has 1 aliphatic heterocycles. The van der Waals surface area contributed by atoms with Gasteiger partial charge in [0, 0.05) is 30.7 Å². The number of rotatable bonds is 3. The van der Waals surface area contributed by atoms with Crippen molar-refractivity contribution in [3.8, 4) is 0 Å². The number of nitrogens with one attached hydrogen (secondary N) is 1. The van der Waals surface area contributed by atoms with Crippen molar-refractivity contribution >= 4 is 28.3 Å². The molecule has 1 aromatic carbocycles. The van der Waals surface area contributed by atoms with Crippen LogP contribution >= 0.6 is 28.3 Å². The van der Waals surface area contributed by atoms with E-state index >= 15 is 0 Å². The number of halogens is 3. The smallest absolute Gasteiger partial charge is 0.124 e. The van der Waals surface area contributed by atoms with Gasteiger partial charge in [0.25, 0.3) is 0 Å². The summed E-state index contributed by atoms with van der Waals surface area (Å²) in [5.41, 5.74) is 0.953. The van der Waals surface area contributed by atoms with Gasteiger partial charge < -0.3 is 5.32 Å². The van der Waals surface area contributed by atoms with Crippen LogP contribution in [0, 0.1) is 5.82 Å². The van der Waals surface area contributed by atoms with Crippen LogP contribution in [-0.2, 0) is 0 Å². The summed E-state index contributed by atoms with van der Waals surface area (Å²) in [6, 6.07) is 5.10. The largest absolute Gasteiger partial charge is 0.314 e. The molecule has 0 radical (unpaired) electrons. The third-order valence-electron chi connectivity index (χ3n) is 2.99. The van der Waals surface area contributed by atoms with E-state index in [1.165, 1.54) is 6.07 Å². The Bertz CT molecular complexity index is 388. The molecule has 0 aromatic heterocycles. The van der Waals surface area contributed by atoms with Gasteiger partial charge in [-0.25, -0.2) is 4.39 Å². The number of hydrogen-bond donors (Lipinski definition) is 1. The minimum Gasteiger partial charge on any atom is -0.314 e. The fraction of sp³-hybridized carbons (Fsp3) is 0.385. The Kier molecular flexibility index (Phi) is 6.29. The predicted octanol–water partition coefficient (Wildman–Crippen LogP) is 3.14. The Balaban J connectivity index is 0.00000162. The third kappa shape index (κ3) is 3.79. The first-order chi connectivity index (χ1) is 8.20. The minimum atomic E-state index is -0.212. The van der Waals surface area contributed by atoms with Gasteiger partial charge in [-0.15, -0.1) is 19.0 Å². The molecule has 100 valence electrons. The Morgan fingerprint density at radius 3 is 2.56 bits per heavy atom. The van der Waals surface area contributed by atoms with Crippen molar-refractivity contribution < 1.29 is 4.39 Å². The Morgan fingerprint density at radius 1 is 1.33 bits per heavy atom. The molecule has 0 bridgehead atoms. The molecular formula is C13H17BrClFN2. The van der Waals surface area contributed by atoms with Crippen LogP contribution in [0.4, 0.5) is 4.39 Å². The third-order valence-corrected chi connectivity index (χ3v) is 3.45. The normalized spacial score (nSPS) is 17.9. The Hall–Kier alpha value is -0.420. The molecule has 0 unspecified atom stereocenters. The van der Waals surface area contributed by atoms with Crippen molar-refractivity contribution in [2.24, 2.45) is 0 Å². The highest BCUT2D eigenvalue weighted by Crippen LogP contribution is 2.26. The molecule has 0 spiro atoms. The van der Waals surface area contributed by atoms with Crippen LogP contribution in [0.2, 0.25) is 0 Å². The SMILES string of the molecule is C=C[C@@H](c1cc(F)cc(Br)c1)N1CCNCC1.Cl. The van der Waals surface area contributed by atoms with Gasteiger partial charge in [0.1, 0.15) is 5.82 Å². The maximum Gasteiger partial charge on any atom is 0.124 e. The summed E-state index contributed by atoms with van der Waals surface area (Å²) in [4.78, 5) is 2.31. The van der Waals surface area contributed by atoms with Crippen molar-refractivity contribution in [3.63, 3.8) is 0 Å². The van der Waals surface area contributed by atoms with Crippen LogP contribution in [0.25, 0.3) is 0 Å². The lowest BCUT2D eigenvalue weighted by molar-refractivity contribution is 0.203. The highest BCUT2D eigenvalue weighted by molar-refractivity contribution is 9.10. The lowest BCUT2D eigenvalue weighted by Gasteiger charge is -2.33. The fourth-order valence-electron chi connectivity index (χ4n) is 2.20. The van der Waals surface area contributed by atoms with E-state index in [-0.39, 0.29) is 24.3 Å². The van der Waals surface area contributed by atoms with Gasteiger partial charge in [0.05, 0.1) is 6.04 Å². The molecule has 1 heterocycles. The van der Waals surface area contributed by atoms with Gasteiger partial charge in [0.15, 0.2) is 0 Å². The van der Waals surface area contributed by atoms with Crippen molar-refractivity contribution in [3.05, 3.63) is 46.7 Å². The molecule has 2 nitrogen and oxygen atoms in total. The zero-order chi connectivity index (χ0) is 12.3. The monoisotopic (exact) mass is 334 g/mol. The molecular weight excluding hydrogens is 319 g/mol. The second-order valence-electron chi connectivity index (χ2n) is 4.17. The second kappa shape index (κ2) is 7.24. The van der Waals surface area contributed by atoms with Crippen LogP contribution in [-0.4, -0.2) is 31.1 Å². The van der Waals surface area contributed by atoms with Crippen molar-refractivity contribution in [1.29, 1.82) is 0 Å². The van der Waals surface area contributed by atoms with Gasteiger partial charge in [0.2, 0.25) is 0 Å². The standard InChI is InChI=1S/C13H16BrFN2.ClH/c1-2-13(17-5-3-16-4-6-17)10-7-11(14)9-12(15)8-10;/h2,7-9,13,16H,1,3-6H2;1H/t13-;/m0./s1. The fourth-order valence-corrected chi connectivity index (χ4v) is 2.69. The quantitative estimate of drug-likeness (QED) is 0.854. The molecule has 1 aliphatic rings. The first-order valence-electron chi connectivity index (χ1n) is 5.74. The average molecular weight is 336 g/mol. The molecule has 1 aromatic rings. The summed E-state index contributed by atoms with van der Waals surface area (Å²) >= 11 is 3.33. The van der Waals surface area contributed by atoms with E-state index in [0.29, 0.717) is 0 Å². The van der Waals surface area contributed by atoms with Crippen LogP contribution in [0.15, 0.2) is 35.3 Å². The van der Waals surface area contributed by atoms with Gasteiger partial charge in [-0.2, -0.15) is 0 Å². The molecule has 5 heteroatoms. The van der Waals surface area contributed by atoms with Gasteiger partial charge in [-0.05, 0) is 23.8 Å². The van der Waals surface area contributed by atoms with E-state index in [1.54, 1.807) is 6.07 Å². The average Bonchev–Trinajstić information content (AvgIpc) is 2.30. The first-order valence-corrected chi connectivity index (χ1v) is 6.53. The van der Waals surface area contributed by atoms with E-state index in [0.717, 1.165) is 36.2 Å². The van der Waals surface area contributed by atoms with Crippen LogP contribution in [0.1, 0.15) is 11.6 Å². The second-order valence-corrected chi connectivity index (χ2v) is 5.08. The van der Waals surface area contributed by atoms with Crippen LogP contribution in [0.3, 0.4) is 0 Å². The summed E-state index contributed by atoms with van der Waals surface area (Å²) in [5, 5.41) is 3.31. The van der Waals surface area contributed by atoms with Gasteiger partial charge >= 0.3 is 0 Å². The number of piperazine rings is 1. The molecule has 1 fully saturated rings. The summed E-state index contributed by atoms with van der Waals surface area (Å²) in [6.45, 7) is 7.74. The molecule has 1 N–H and O–H groups in total. The van der Waals surface area contributed by atoms with E-state index in [2.05, 4.69) is 32.7 Å². The highest BCUT2D eigenvalue weighted by Gasteiger charge is 2.20. The Morgan fingerprint density at radius 2 is 2.00 bits per heavy atom. The van der Waals surface area contributed by atoms with Crippen molar-refractivity contribution in [2.45, 2.75) is 6.04 Å². The summed E-state index contributed by atoms with van der Waals surface area (Å²) in [6.07, 6.45) is 1.88. The summed E-state index contributed by atoms with van der Waals surface area (Å²) in [7, 11) is 0. The lowest BCUT2D eigenvalue weighted by Crippen LogP contribution is -2.44. The molecule has 2 rings (SSSR count). The van der Waals surface area contributed by atoms with Gasteiger partial charge in [-0.1, -0.05) is 22.0 Å². The first kappa shape index (κ1) is 15.6. The maximum absolute atomic E-state index is 13.4. The maximum atomic E-state index is 13.4. The molecule has 1 atom stereocenters. The predicted molar refractivity (Wildman–Crippen MR) is 78.7 cm³/mol. The molecule has 0 aliphatic carbocycles. The summed E-state index contributed by atoms with van der Waals surface area (Å²) < 4.78 is 14.2. The van der Waals surface area contributed by atoms with Crippen molar-refractivity contribution in [2.75, 3.05) is 26.2 Å². The number of benzene rings is 1. The van der Waals surface area contributed by atoms with E-state index in [1.807, 2.05) is 12.1 Å². The van der Waals surface area contributed by atoms with Gasteiger partial charge in [-0.3, -0.25) is 4.90 Å². The topological polar surface area (TPSA) is 15.3 Å². The zero-order valence-corrected chi connectivity index (χ0v) is 12.4.